The molecular weight excluding hydrogens is 943 g/mol. The molecule has 3 aromatic carbocycles. The lowest BCUT2D eigenvalue weighted by Gasteiger charge is -2.35. The fourth-order valence-electron chi connectivity index (χ4n) is 10.0. The normalized spacial score (nSPS) is 17.6. The lowest BCUT2D eigenvalue weighted by Crippen LogP contribution is -2.57. The number of aromatic nitrogens is 5. The molecule has 6 aromatic rings. The van der Waals surface area contributed by atoms with E-state index >= 15 is 0 Å². The summed E-state index contributed by atoms with van der Waals surface area (Å²) in [7, 11) is 1.87. The Morgan fingerprint density at radius 3 is 2.42 bits per heavy atom. The van der Waals surface area contributed by atoms with E-state index in [2.05, 4.69) is 41.2 Å². The zero-order chi connectivity index (χ0) is 51.6. The third-order valence-corrected chi connectivity index (χ3v) is 15.1. The van der Waals surface area contributed by atoms with E-state index in [0.717, 1.165) is 107 Å². The molecular formula is C55H71N11O6S. The van der Waals surface area contributed by atoms with Crippen molar-refractivity contribution >= 4 is 68.5 Å². The molecule has 0 bridgehead atoms. The van der Waals surface area contributed by atoms with Gasteiger partial charge in [0.25, 0.3) is 5.91 Å². The number of likely N-dealkylation sites (tertiary alicyclic amines) is 2. The number of nitrogens with one attached hydrogen (secondary N) is 5. The van der Waals surface area contributed by atoms with E-state index in [4.69, 9.17) is 4.98 Å². The van der Waals surface area contributed by atoms with Crippen molar-refractivity contribution in [3.8, 4) is 10.4 Å². The van der Waals surface area contributed by atoms with Gasteiger partial charge in [0.05, 0.1) is 51.5 Å². The minimum atomic E-state index is -0.855. The van der Waals surface area contributed by atoms with Crippen LogP contribution in [-0.2, 0) is 39.3 Å². The number of anilines is 1. The van der Waals surface area contributed by atoms with Gasteiger partial charge < -0.3 is 36.3 Å². The second-order valence-electron chi connectivity index (χ2n) is 21.0. The summed E-state index contributed by atoms with van der Waals surface area (Å²) >= 11 is 1.58. The number of β-amino-alcohol motifs (C(OH)–C–C–N with tert-alkyl or cyclic N) is 1. The Balaban J connectivity index is 0.668. The fraction of sp³-hybridized carbons (Fsp3) is 0.491. The van der Waals surface area contributed by atoms with E-state index < -0.39 is 23.6 Å². The minimum Gasteiger partial charge on any atom is -0.391 e. The maximum Gasteiger partial charge on any atom is 0.255 e. The van der Waals surface area contributed by atoms with Gasteiger partial charge in [-0.05, 0) is 91.6 Å². The molecule has 6 N–H and O–H groups in total. The van der Waals surface area contributed by atoms with Crippen molar-refractivity contribution in [3.05, 3.63) is 95.0 Å². The van der Waals surface area contributed by atoms with Crippen LogP contribution >= 0.6 is 11.3 Å². The summed E-state index contributed by atoms with van der Waals surface area (Å²) in [5.41, 5.74) is 8.04. The van der Waals surface area contributed by atoms with Crippen LogP contribution in [0.15, 0.2) is 72.4 Å². The first-order valence-corrected chi connectivity index (χ1v) is 26.7. The third kappa shape index (κ3) is 14.0. The quantitative estimate of drug-likeness (QED) is 0.0371. The highest BCUT2D eigenvalue weighted by molar-refractivity contribution is 7.13. The van der Waals surface area contributed by atoms with Gasteiger partial charge in [-0.2, -0.15) is 5.10 Å². The number of unbranched alkanes of at least 4 members (excludes halogenated alkanes) is 6. The molecule has 2 saturated heterocycles. The zero-order valence-electron chi connectivity index (χ0n) is 42.8. The van der Waals surface area contributed by atoms with E-state index in [1.165, 1.54) is 4.90 Å². The number of carbonyl (C=O) groups is 5. The lowest BCUT2D eigenvalue weighted by atomic mass is 9.85. The molecule has 388 valence electrons. The van der Waals surface area contributed by atoms with Gasteiger partial charge in [-0.15, -0.1) is 11.3 Å². The Morgan fingerprint density at radius 1 is 0.904 bits per heavy atom. The standard InChI is InChI=1S/C55H71N11O6S/c1-35-50(73-34-58-35)38-16-14-36(15-17-38)29-57-53(71)46-28-42(67)32-66(46)54(72)51(55(2,3)4)63-48(68)13-11-9-7-6-8-10-12-23-56-49(69)25-37-22-24-65(31-37)33-47-61-43-20-19-41(27-44(43)62-47)60-52(70)39-18-21-45-40(26-39)30-59-64(45)5/h14-21,26-27,30,34,37,42,46,51,67H,6-13,22-25,28-29,31-33H2,1-5H3,(H,56,69)(H,57,71)(H,60,70)(H,61,62)(H,63,68)/t37?,42-,46+,51?/m1/s1. The molecule has 8 rings (SSSR count). The van der Waals surface area contributed by atoms with E-state index in [1.807, 2.05) is 94.9 Å². The number of aliphatic hydroxyl groups excluding tert-OH is 1. The van der Waals surface area contributed by atoms with E-state index in [9.17, 15) is 29.1 Å². The zero-order valence-corrected chi connectivity index (χ0v) is 43.7. The molecule has 2 fully saturated rings. The van der Waals surface area contributed by atoms with Gasteiger partial charge in [0.15, 0.2) is 0 Å². The van der Waals surface area contributed by atoms with Gasteiger partial charge in [0.2, 0.25) is 23.6 Å². The molecule has 3 aromatic heterocycles. The molecule has 18 heteroatoms. The number of aromatic amines is 1. The molecule has 0 radical (unpaired) electrons. The second kappa shape index (κ2) is 24.0. The molecule has 5 heterocycles. The maximum atomic E-state index is 14.0. The minimum absolute atomic E-state index is 0.0298. The van der Waals surface area contributed by atoms with Gasteiger partial charge in [0, 0.05) is 69.1 Å². The van der Waals surface area contributed by atoms with Gasteiger partial charge in [-0.1, -0.05) is 77.1 Å². The van der Waals surface area contributed by atoms with Crippen LogP contribution in [0.3, 0.4) is 0 Å². The number of aryl methyl sites for hydroxylation is 2. The third-order valence-electron chi connectivity index (χ3n) is 14.1. The largest absolute Gasteiger partial charge is 0.391 e. The molecule has 17 nitrogen and oxygen atoms in total. The summed E-state index contributed by atoms with van der Waals surface area (Å²) in [6.07, 6.45) is 9.46. The number of amides is 5. The number of H-pyrrole nitrogens is 1. The summed E-state index contributed by atoms with van der Waals surface area (Å²) in [6.45, 7) is 11.0. The molecule has 0 spiro atoms. The molecule has 5 amide bonds. The van der Waals surface area contributed by atoms with Crippen LogP contribution in [0.2, 0.25) is 0 Å². The number of nitrogens with zero attached hydrogens (tertiary/aromatic N) is 6. The molecule has 73 heavy (non-hydrogen) atoms. The van der Waals surface area contributed by atoms with Crippen molar-refractivity contribution in [2.45, 2.75) is 130 Å². The highest BCUT2D eigenvalue weighted by Gasteiger charge is 2.44. The van der Waals surface area contributed by atoms with Crippen molar-refractivity contribution in [2.75, 3.05) is 31.5 Å². The highest BCUT2D eigenvalue weighted by atomic mass is 32.1. The highest BCUT2D eigenvalue weighted by Crippen LogP contribution is 2.29. The fourth-order valence-corrected chi connectivity index (χ4v) is 10.8. The Kier molecular flexibility index (Phi) is 17.4. The van der Waals surface area contributed by atoms with Crippen LogP contribution in [0, 0.1) is 18.3 Å². The number of hydrogen-bond donors (Lipinski definition) is 6. The topological polar surface area (TPSA) is 220 Å². The van der Waals surface area contributed by atoms with Crippen LogP contribution in [-0.4, -0.2) is 114 Å². The summed E-state index contributed by atoms with van der Waals surface area (Å²) in [4.78, 5) is 83.9. The van der Waals surface area contributed by atoms with Crippen molar-refractivity contribution in [2.24, 2.45) is 18.4 Å². The van der Waals surface area contributed by atoms with Gasteiger partial charge >= 0.3 is 0 Å². The number of carbonyl (C=O) groups excluding carboxylic acids is 5. The smallest absolute Gasteiger partial charge is 0.255 e. The molecule has 2 aliphatic rings. The van der Waals surface area contributed by atoms with Crippen molar-refractivity contribution < 1.29 is 29.1 Å². The summed E-state index contributed by atoms with van der Waals surface area (Å²) in [6, 6.07) is 17.5. The summed E-state index contributed by atoms with van der Waals surface area (Å²) < 4.78 is 1.78. The number of benzene rings is 3. The predicted octanol–water partition coefficient (Wildman–Crippen LogP) is 7.39. The van der Waals surface area contributed by atoms with E-state index in [0.29, 0.717) is 49.5 Å². The van der Waals surface area contributed by atoms with Crippen molar-refractivity contribution in [1.29, 1.82) is 0 Å². The first-order chi connectivity index (χ1) is 35.1. The van der Waals surface area contributed by atoms with E-state index in [1.54, 1.807) is 28.3 Å². The van der Waals surface area contributed by atoms with Crippen LogP contribution in [0.25, 0.3) is 32.4 Å². The molecule has 2 aliphatic heterocycles. The van der Waals surface area contributed by atoms with E-state index in [-0.39, 0.29) is 49.0 Å². The Bertz CT molecular complexity index is 2890. The second-order valence-corrected chi connectivity index (χ2v) is 21.9. The van der Waals surface area contributed by atoms with Crippen LogP contribution < -0.4 is 21.3 Å². The first kappa shape index (κ1) is 52.8. The number of fused-ring (bicyclic) bond motifs is 2. The van der Waals surface area contributed by atoms with Crippen molar-refractivity contribution in [3.63, 3.8) is 0 Å². The van der Waals surface area contributed by atoms with Gasteiger partial charge in [-0.25, -0.2) is 9.97 Å². The average molecular weight is 1010 g/mol. The SMILES string of the molecule is Cc1ncsc1-c1ccc(CNC(=O)[C@@H]2C[C@@H](O)CN2C(=O)C(NC(=O)CCCCCCCCCNC(=O)CC2CCN(Cc3nc4ccc(NC(=O)c5ccc6c(cnn6C)c5)cc4[nH]3)C2)C(C)(C)C)cc1. The van der Waals surface area contributed by atoms with Gasteiger partial charge in [0.1, 0.15) is 17.9 Å². The van der Waals surface area contributed by atoms with Crippen molar-refractivity contribution in [1.82, 2.24) is 50.5 Å². The summed E-state index contributed by atoms with van der Waals surface area (Å²) in [5, 5.41) is 27.8. The first-order valence-electron chi connectivity index (χ1n) is 25.8. The molecule has 0 saturated carbocycles. The molecule has 4 atom stereocenters. The Hall–Kier alpha value is -6.50. The monoisotopic (exact) mass is 1010 g/mol. The molecule has 2 unspecified atom stereocenters. The van der Waals surface area contributed by atoms with Crippen LogP contribution in [0.1, 0.15) is 119 Å². The Morgan fingerprint density at radius 2 is 1.67 bits per heavy atom. The molecule has 0 aliphatic carbocycles. The number of rotatable bonds is 22. The predicted molar refractivity (Wildman–Crippen MR) is 284 cm³/mol. The number of imidazole rings is 1. The number of thiazole rings is 1. The average Bonchev–Trinajstić information content (AvgIpc) is 4.22. The summed E-state index contributed by atoms with van der Waals surface area (Å²) in [5.74, 6) is 0.153. The number of aliphatic hydroxyl groups is 1. The van der Waals surface area contributed by atoms with Crippen LogP contribution in [0.4, 0.5) is 5.69 Å². The van der Waals surface area contributed by atoms with Crippen LogP contribution in [0.5, 0.6) is 0 Å². The number of hydrogen-bond acceptors (Lipinski definition) is 11. The maximum absolute atomic E-state index is 14.0. The lowest BCUT2D eigenvalue weighted by molar-refractivity contribution is -0.144. The Labute approximate surface area is 431 Å². The van der Waals surface area contributed by atoms with Gasteiger partial charge in [-0.3, -0.25) is 33.6 Å².